The fourth-order valence-corrected chi connectivity index (χ4v) is 1.70. The number of para-hydroxylation sites is 1. The number of benzene rings is 1. The van der Waals surface area contributed by atoms with Crippen LogP contribution < -0.4 is 20.7 Å². The van der Waals surface area contributed by atoms with Gasteiger partial charge in [0.05, 0.1) is 10.6 Å². The third-order valence-corrected chi connectivity index (χ3v) is 2.76. The highest BCUT2D eigenvalue weighted by atomic mass is 79.9. The van der Waals surface area contributed by atoms with Gasteiger partial charge in [-0.15, -0.1) is 4.98 Å². The van der Waals surface area contributed by atoms with Crippen molar-refractivity contribution >= 4 is 21.9 Å². The molecule has 0 amide bonds. The van der Waals surface area contributed by atoms with Crippen LogP contribution in [-0.4, -0.2) is 21.1 Å². The average molecular weight is 340 g/mol. The van der Waals surface area contributed by atoms with E-state index in [2.05, 4.69) is 36.3 Å². The predicted molar refractivity (Wildman–Crippen MR) is 77.6 cm³/mol. The van der Waals surface area contributed by atoms with Crippen LogP contribution in [-0.2, 0) is 0 Å². The summed E-state index contributed by atoms with van der Waals surface area (Å²) in [5.41, 5.74) is 2.35. The molecule has 2 rings (SSSR count). The zero-order valence-corrected chi connectivity index (χ0v) is 12.6. The van der Waals surface area contributed by atoms with Crippen molar-refractivity contribution in [3.05, 3.63) is 28.7 Å². The van der Waals surface area contributed by atoms with Gasteiger partial charge in [0.2, 0.25) is 5.95 Å². The number of hydrogen-bond acceptors (Lipinski definition) is 7. The minimum Gasteiger partial charge on any atom is -0.461 e. The molecule has 0 radical (unpaired) electrons. The van der Waals surface area contributed by atoms with Crippen LogP contribution in [0.15, 0.2) is 28.7 Å². The third kappa shape index (κ3) is 3.78. The van der Waals surface area contributed by atoms with Crippen LogP contribution in [0.2, 0.25) is 0 Å². The number of hydrazine groups is 1. The van der Waals surface area contributed by atoms with E-state index in [9.17, 15) is 0 Å². The van der Waals surface area contributed by atoms with E-state index in [0.29, 0.717) is 5.75 Å². The van der Waals surface area contributed by atoms with Gasteiger partial charge < -0.3 is 9.47 Å². The molecule has 0 saturated heterocycles. The number of anilines is 1. The smallest absolute Gasteiger partial charge is 0.330 e. The molecule has 1 aromatic carbocycles. The summed E-state index contributed by atoms with van der Waals surface area (Å²) in [5.74, 6) is 6.06. The van der Waals surface area contributed by atoms with E-state index in [1.807, 2.05) is 32.0 Å². The van der Waals surface area contributed by atoms with Gasteiger partial charge in [-0.1, -0.05) is 12.1 Å². The molecule has 0 fully saturated rings. The van der Waals surface area contributed by atoms with Crippen molar-refractivity contribution in [3.8, 4) is 17.8 Å². The number of ether oxygens (including phenoxy) is 2. The van der Waals surface area contributed by atoms with Crippen LogP contribution in [0, 0.1) is 0 Å². The second-order valence-electron chi connectivity index (χ2n) is 4.07. The summed E-state index contributed by atoms with van der Waals surface area (Å²) in [6, 6.07) is 7.59. The van der Waals surface area contributed by atoms with Crippen LogP contribution >= 0.6 is 15.9 Å². The van der Waals surface area contributed by atoms with E-state index < -0.39 is 0 Å². The molecule has 0 atom stereocenters. The first-order chi connectivity index (χ1) is 9.58. The summed E-state index contributed by atoms with van der Waals surface area (Å²) >= 11 is 3.38. The van der Waals surface area contributed by atoms with Crippen molar-refractivity contribution in [2.24, 2.45) is 5.84 Å². The van der Waals surface area contributed by atoms with Gasteiger partial charge in [0.15, 0.2) is 0 Å². The molecule has 0 saturated carbocycles. The molecule has 0 unspecified atom stereocenters. The number of nitrogen functional groups attached to an aromatic ring is 1. The number of hydrogen-bond donors (Lipinski definition) is 2. The van der Waals surface area contributed by atoms with Crippen LogP contribution in [0.25, 0.3) is 0 Å². The highest BCUT2D eigenvalue weighted by molar-refractivity contribution is 9.10. The molecular weight excluding hydrogens is 326 g/mol. The quantitative estimate of drug-likeness (QED) is 0.638. The standard InChI is InChI=1S/C12H14BrN5O2/c1-7(2)19-11-15-10(18-14)16-12(17-11)20-9-6-4-3-5-8(9)13/h3-7H,14H2,1-2H3,(H,15,16,17,18). The minimum atomic E-state index is -0.0701. The molecule has 1 heterocycles. The lowest BCUT2D eigenvalue weighted by molar-refractivity contribution is 0.218. The number of nitrogens with zero attached hydrogens (tertiary/aromatic N) is 3. The monoisotopic (exact) mass is 339 g/mol. The van der Waals surface area contributed by atoms with Crippen molar-refractivity contribution < 1.29 is 9.47 Å². The molecule has 7 nitrogen and oxygen atoms in total. The summed E-state index contributed by atoms with van der Waals surface area (Å²) in [6.07, 6.45) is -0.0701. The number of aromatic nitrogens is 3. The van der Waals surface area contributed by atoms with Gasteiger partial charge in [0, 0.05) is 0 Å². The maximum absolute atomic E-state index is 5.59. The van der Waals surface area contributed by atoms with Crippen LogP contribution in [0.4, 0.5) is 5.95 Å². The average Bonchev–Trinajstić information content (AvgIpc) is 2.40. The Morgan fingerprint density at radius 3 is 2.50 bits per heavy atom. The first-order valence-corrected chi connectivity index (χ1v) is 6.69. The Bertz CT molecular complexity index is 594. The van der Waals surface area contributed by atoms with Gasteiger partial charge in [0.1, 0.15) is 5.75 Å². The lowest BCUT2D eigenvalue weighted by Crippen LogP contribution is -2.15. The molecular formula is C12H14BrN5O2. The van der Waals surface area contributed by atoms with Crippen LogP contribution in [0.1, 0.15) is 13.8 Å². The Hall–Kier alpha value is -1.93. The maximum atomic E-state index is 5.59. The summed E-state index contributed by atoms with van der Waals surface area (Å²) in [6.45, 7) is 3.74. The molecule has 0 spiro atoms. The maximum Gasteiger partial charge on any atom is 0.330 e. The van der Waals surface area contributed by atoms with Crippen LogP contribution in [0.5, 0.6) is 17.8 Å². The molecule has 3 N–H and O–H groups in total. The summed E-state index contributed by atoms with van der Waals surface area (Å²) in [4.78, 5) is 12.1. The van der Waals surface area contributed by atoms with E-state index in [0.717, 1.165) is 4.47 Å². The topological polar surface area (TPSA) is 95.2 Å². The summed E-state index contributed by atoms with van der Waals surface area (Å²) in [7, 11) is 0. The van der Waals surface area contributed by atoms with Gasteiger partial charge >= 0.3 is 12.0 Å². The highest BCUT2D eigenvalue weighted by Gasteiger charge is 2.11. The zero-order valence-electron chi connectivity index (χ0n) is 11.0. The third-order valence-electron chi connectivity index (χ3n) is 2.10. The SMILES string of the molecule is CC(C)Oc1nc(NN)nc(Oc2ccccc2Br)n1. The van der Waals surface area contributed by atoms with E-state index in [1.54, 1.807) is 6.07 Å². The zero-order chi connectivity index (χ0) is 14.5. The molecule has 8 heteroatoms. The van der Waals surface area contributed by atoms with Crippen molar-refractivity contribution in [3.63, 3.8) is 0 Å². The van der Waals surface area contributed by atoms with E-state index >= 15 is 0 Å². The number of nitrogens with one attached hydrogen (secondary N) is 1. The minimum absolute atomic E-state index is 0.0701. The van der Waals surface area contributed by atoms with E-state index in [-0.39, 0.29) is 24.1 Å². The predicted octanol–water partition coefficient (Wildman–Crippen LogP) is 2.50. The molecule has 0 bridgehead atoms. The Morgan fingerprint density at radius 2 is 1.85 bits per heavy atom. The first kappa shape index (κ1) is 14.5. The van der Waals surface area contributed by atoms with Crippen molar-refractivity contribution in [2.45, 2.75) is 20.0 Å². The molecule has 106 valence electrons. The van der Waals surface area contributed by atoms with Gasteiger partial charge in [0.25, 0.3) is 0 Å². The lowest BCUT2D eigenvalue weighted by atomic mass is 10.3. The van der Waals surface area contributed by atoms with Crippen molar-refractivity contribution in [1.29, 1.82) is 0 Å². The first-order valence-electron chi connectivity index (χ1n) is 5.90. The molecule has 0 aliphatic heterocycles. The lowest BCUT2D eigenvalue weighted by Gasteiger charge is -2.10. The number of nitrogens with two attached hydrogens (primary N) is 1. The second kappa shape index (κ2) is 6.49. The molecule has 1 aromatic heterocycles. The van der Waals surface area contributed by atoms with Crippen molar-refractivity contribution in [1.82, 2.24) is 15.0 Å². The van der Waals surface area contributed by atoms with Gasteiger partial charge in [-0.3, -0.25) is 5.43 Å². The summed E-state index contributed by atoms with van der Waals surface area (Å²) in [5, 5.41) is 0. The Kier molecular flexibility index (Phi) is 4.70. The second-order valence-corrected chi connectivity index (χ2v) is 4.92. The highest BCUT2D eigenvalue weighted by Crippen LogP contribution is 2.28. The van der Waals surface area contributed by atoms with E-state index in [1.165, 1.54) is 0 Å². The fourth-order valence-electron chi connectivity index (χ4n) is 1.34. The van der Waals surface area contributed by atoms with Crippen molar-refractivity contribution in [2.75, 3.05) is 5.43 Å². The van der Waals surface area contributed by atoms with Gasteiger partial charge in [-0.25, -0.2) is 5.84 Å². The number of rotatable bonds is 5. The molecule has 20 heavy (non-hydrogen) atoms. The molecule has 2 aromatic rings. The normalized spacial score (nSPS) is 10.4. The van der Waals surface area contributed by atoms with Gasteiger partial charge in [-0.2, -0.15) is 9.97 Å². The van der Waals surface area contributed by atoms with E-state index in [4.69, 9.17) is 15.3 Å². The number of halogens is 1. The Morgan fingerprint density at radius 1 is 1.15 bits per heavy atom. The van der Waals surface area contributed by atoms with Gasteiger partial charge in [-0.05, 0) is 41.9 Å². The largest absolute Gasteiger partial charge is 0.461 e. The van der Waals surface area contributed by atoms with Crippen LogP contribution in [0.3, 0.4) is 0 Å². The summed E-state index contributed by atoms with van der Waals surface area (Å²) < 4.78 is 11.8. The fraction of sp³-hybridized carbons (Fsp3) is 0.250. The Balaban J connectivity index is 2.29. The molecule has 0 aliphatic rings. The molecule has 0 aliphatic carbocycles. The Labute approximate surface area is 124 Å².